The van der Waals surface area contributed by atoms with Crippen LogP contribution in [0.5, 0.6) is 0 Å². The maximum Gasteiger partial charge on any atom is 0.0314 e. The van der Waals surface area contributed by atoms with Crippen LogP contribution in [0.2, 0.25) is 0 Å². The molecule has 1 aromatic carbocycles. The third kappa shape index (κ3) is 2.47. The van der Waals surface area contributed by atoms with E-state index in [1.165, 1.54) is 57.3 Å². The van der Waals surface area contributed by atoms with Crippen LogP contribution < -0.4 is 5.73 Å². The molecule has 21 heavy (non-hydrogen) atoms. The number of hydrogen-bond donors (Lipinski definition) is 1. The Kier molecular flexibility index (Phi) is 3.23. The average Bonchev–Trinajstić information content (AvgIpc) is 3.18. The highest BCUT2D eigenvalue weighted by atomic mass is 15.3. The molecular weight excluding hydrogens is 258 g/mol. The summed E-state index contributed by atoms with van der Waals surface area (Å²) < 4.78 is 0. The molecule has 2 atom stereocenters. The van der Waals surface area contributed by atoms with Crippen molar-refractivity contribution >= 4 is 5.69 Å². The molecule has 114 valence electrons. The van der Waals surface area contributed by atoms with Gasteiger partial charge in [-0.25, -0.2) is 0 Å². The topological polar surface area (TPSA) is 32.5 Å². The van der Waals surface area contributed by atoms with E-state index in [0.717, 1.165) is 17.8 Å². The highest BCUT2D eigenvalue weighted by Crippen LogP contribution is 2.49. The Balaban J connectivity index is 1.47. The van der Waals surface area contributed by atoms with Gasteiger partial charge in [0.05, 0.1) is 0 Å². The standard InChI is InChI=1S/C18H27N3/c1-20-16-6-7-17(20)12-21(11-8-16)13-18(9-10-18)14-2-4-15(19)5-3-14/h2-5,16-17H,6-13,19H2,1H3. The van der Waals surface area contributed by atoms with Crippen LogP contribution in [0.3, 0.4) is 0 Å². The summed E-state index contributed by atoms with van der Waals surface area (Å²) >= 11 is 0. The summed E-state index contributed by atoms with van der Waals surface area (Å²) in [5.41, 5.74) is 8.64. The Morgan fingerprint density at radius 3 is 2.52 bits per heavy atom. The highest BCUT2D eigenvalue weighted by Gasteiger charge is 2.46. The number of benzene rings is 1. The molecule has 3 fully saturated rings. The third-order valence-electron chi connectivity index (χ3n) is 6.14. The molecule has 2 bridgehead atoms. The molecule has 0 aromatic heterocycles. The largest absolute Gasteiger partial charge is 0.399 e. The minimum Gasteiger partial charge on any atom is -0.399 e. The van der Waals surface area contributed by atoms with Crippen molar-refractivity contribution < 1.29 is 0 Å². The Morgan fingerprint density at radius 1 is 1.10 bits per heavy atom. The van der Waals surface area contributed by atoms with Gasteiger partial charge in [-0.15, -0.1) is 0 Å². The van der Waals surface area contributed by atoms with Gasteiger partial charge >= 0.3 is 0 Å². The Bertz CT molecular complexity index is 506. The molecule has 1 aliphatic carbocycles. The van der Waals surface area contributed by atoms with Crippen molar-refractivity contribution in [1.29, 1.82) is 0 Å². The van der Waals surface area contributed by atoms with Crippen molar-refractivity contribution in [2.45, 2.75) is 49.6 Å². The van der Waals surface area contributed by atoms with Gasteiger partial charge in [0.15, 0.2) is 0 Å². The zero-order valence-electron chi connectivity index (χ0n) is 13.1. The number of hydrogen-bond acceptors (Lipinski definition) is 3. The summed E-state index contributed by atoms with van der Waals surface area (Å²) in [6.07, 6.45) is 6.85. The van der Waals surface area contributed by atoms with Crippen molar-refractivity contribution in [2.75, 3.05) is 32.4 Å². The summed E-state index contributed by atoms with van der Waals surface area (Å²) in [5, 5.41) is 0. The van der Waals surface area contributed by atoms with E-state index in [0.29, 0.717) is 5.41 Å². The number of rotatable bonds is 3. The molecule has 2 N–H and O–H groups in total. The van der Waals surface area contributed by atoms with Crippen molar-refractivity contribution in [3.8, 4) is 0 Å². The molecule has 2 saturated heterocycles. The summed E-state index contributed by atoms with van der Waals surface area (Å²) in [4.78, 5) is 5.38. The van der Waals surface area contributed by atoms with Gasteiger partial charge in [0, 0.05) is 36.3 Å². The number of likely N-dealkylation sites (N-methyl/N-ethyl adjacent to an activating group) is 1. The van der Waals surface area contributed by atoms with Crippen LogP contribution in [0.25, 0.3) is 0 Å². The number of nitrogens with two attached hydrogens (primary N) is 1. The van der Waals surface area contributed by atoms with Crippen LogP contribution in [0.1, 0.15) is 37.7 Å². The number of anilines is 1. The van der Waals surface area contributed by atoms with E-state index in [-0.39, 0.29) is 0 Å². The van der Waals surface area contributed by atoms with Crippen molar-refractivity contribution in [3.63, 3.8) is 0 Å². The molecule has 3 aliphatic rings. The van der Waals surface area contributed by atoms with E-state index >= 15 is 0 Å². The molecule has 2 heterocycles. The zero-order valence-corrected chi connectivity index (χ0v) is 13.1. The first-order chi connectivity index (χ1) is 10.2. The van der Waals surface area contributed by atoms with Gasteiger partial charge in [-0.05, 0) is 63.4 Å². The van der Waals surface area contributed by atoms with Crippen LogP contribution in [0, 0.1) is 0 Å². The molecule has 4 rings (SSSR count). The molecule has 3 heteroatoms. The maximum atomic E-state index is 5.84. The molecule has 0 spiro atoms. The maximum absolute atomic E-state index is 5.84. The molecular formula is C18H27N3. The predicted molar refractivity (Wildman–Crippen MR) is 87.4 cm³/mol. The van der Waals surface area contributed by atoms with Gasteiger partial charge in [0.1, 0.15) is 0 Å². The lowest BCUT2D eigenvalue weighted by Crippen LogP contribution is -2.40. The first-order valence-corrected chi connectivity index (χ1v) is 8.47. The lowest BCUT2D eigenvalue weighted by atomic mass is 9.94. The van der Waals surface area contributed by atoms with E-state index in [1.807, 2.05) is 0 Å². The van der Waals surface area contributed by atoms with Gasteiger partial charge in [0.2, 0.25) is 0 Å². The van der Waals surface area contributed by atoms with Gasteiger partial charge < -0.3 is 10.6 Å². The van der Waals surface area contributed by atoms with E-state index in [2.05, 4.69) is 41.1 Å². The first kappa shape index (κ1) is 13.6. The van der Waals surface area contributed by atoms with Crippen LogP contribution in [0.4, 0.5) is 5.69 Å². The molecule has 2 unspecified atom stereocenters. The van der Waals surface area contributed by atoms with E-state index in [1.54, 1.807) is 0 Å². The fourth-order valence-corrected chi connectivity index (χ4v) is 4.48. The average molecular weight is 285 g/mol. The number of likely N-dealkylation sites (tertiary alicyclic amines) is 1. The lowest BCUT2D eigenvalue weighted by Gasteiger charge is -2.29. The SMILES string of the molecule is CN1C2CCC1CN(CC1(c3ccc(N)cc3)CC1)CC2. The van der Waals surface area contributed by atoms with Crippen LogP contribution >= 0.6 is 0 Å². The smallest absolute Gasteiger partial charge is 0.0314 e. The van der Waals surface area contributed by atoms with Crippen molar-refractivity contribution in [1.82, 2.24) is 9.80 Å². The van der Waals surface area contributed by atoms with Gasteiger partial charge in [-0.2, -0.15) is 0 Å². The number of nitrogen functional groups attached to an aromatic ring is 1. The third-order valence-corrected chi connectivity index (χ3v) is 6.14. The van der Waals surface area contributed by atoms with Crippen molar-refractivity contribution in [3.05, 3.63) is 29.8 Å². The fraction of sp³-hybridized carbons (Fsp3) is 0.667. The highest BCUT2D eigenvalue weighted by molar-refractivity contribution is 5.43. The minimum atomic E-state index is 0.426. The second-order valence-electron chi connectivity index (χ2n) is 7.48. The molecule has 1 aromatic rings. The fourth-order valence-electron chi connectivity index (χ4n) is 4.48. The summed E-state index contributed by atoms with van der Waals surface area (Å²) in [5.74, 6) is 0. The lowest BCUT2D eigenvalue weighted by molar-refractivity contribution is 0.208. The Morgan fingerprint density at radius 2 is 1.81 bits per heavy atom. The number of nitrogens with zero attached hydrogens (tertiary/aromatic N) is 2. The predicted octanol–water partition coefficient (Wildman–Crippen LogP) is 2.47. The second-order valence-corrected chi connectivity index (χ2v) is 7.48. The van der Waals surface area contributed by atoms with Gasteiger partial charge in [-0.3, -0.25) is 4.90 Å². The van der Waals surface area contributed by atoms with Gasteiger partial charge in [-0.1, -0.05) is 12.1 Å². The quantitative estimate of drug-likeness (QED) is 0.866. The minimum absolute atomic E-state index is 0.426. The molecule has 0 radical (unpaired) electrons. The normalized spacial score (nSPS) is 32.0. The van der Waals surface area contributed by atoms with Gasteiger partial charge in [0.25, 0.3) is 0 Å². The molecule has 0 amide bonds. The van der Waals surface area contributed by atoms with Crippen molar-refractivity contribution in [2.24, 2.45) is 0 Å². The van der Waals surface area contributed by atoms with Crippen LogP contribution in [0.15, 0.2) is 24.3 Å². The second kappa shape index (κ2) is 4.99. The summed E-state index contributed by atoms with van der Waals surface area (Å²) in [6, 6.07) is 10.3. The Hall–Kier alpha value is -1.06. The van der Waals surface area contributed by atoms with Crippen LogP contribution in [-0.4, -0.2) is 48.6 Å². The number of fused-ring (bicyclic) bond motifs is 2. The Labute approximate surface area is 128 Å². The monoisotopic (exact) mass is 285 g/mol. The first-order valence-electron chi connectivity index (χ1n) is 8.47. The summed E-state index contributed by atoms with van der Waals surface area (Å²) in [6.45, 7) is 3.79. The zero-order chi connectivity index (χ0) is 14.4. The van der Waals surface area contributed by atoms with E-state index in [9.17, 15) is 0 Å². The molecule has 1 saturated carbocycles. The van der Waals surface area contributed by atoms with E-state index in [4.69, 9.17) is 5.73 Å². The molecule has 3 nitrogen and oxygen atoms in total. The van der Waals surface area contributed by atoms with E-state index < -0.39 is 0 Å². The van der Waals surface area contributed by atoms with Crippen LogP contribution in [-0.2, 0) is 5.41 Å². The molecule has 2 aliphatic heterocycles. The summed E-state index contributed by atoms with van der Waals surface area (Å²) in [7, 11) is 2.33.